The summed E-state index contributed by atoms with van der Waals surface area (Å²) in [5.74, 6) is -0.161. The molecule has 0 unspecified atom stereocenters. The van der Waals surface area contributed by atoms with Crippen molar-refractivity contribution in [2.75, 3.05) is 11.5 Å². The summed E-state index contributed by atoms with van der Waals surface area (Å²) in [7, 11) is -7.16. The molecule has 0 aliphatic rings. The number of hydrogen-bond donors (Lipinski definition) is 0. The monoisotopic (exact) mass is 256 g/mol. The molecular formula is C9H20O4S2. The van der Waals surface area contributed by atoms with E-state index in [9.17, 15) is 16.8 Å². The van der Waals surface area contributed by atoms with E-state index in [4.69, 9.17) is 0 Å². The molecule has 0 aromatic heterocycles. The van der Waals surface area contributed by atoms with Gasteiger partial charge in [-0.15, -0.1) is 0 Å². The number of sulfone groups is 2. The van der Waals surface area contributed by atoms with E-state index in [1.807, 2.05) is 0 Å². The van der Waals surface area contributed by atoms with Crippen LogP contribution in [0.3, 0.4) is 0 Å². The quantitative estimate of drug-likeness (QED) is 0.720. The maximum atomic E-state index is 11.8. The first-order chi connectivity index (χ1) is 6.62. The molecule has 0 fully saturated rings. The Bertz CT molecular complexity index is 352. The zero-order chi connectivity index (χ0) is 12.3. The van der Waals surface area contributed by atoms with Gasteiger partial charge < -0.3 is 0 Å². The largest absolute Gasteiger partial charge is 0.227 e. The van der Waals surface area contributed by atoms with Gasteiger partial charge in [0.15, 0.2) is 23.8 Å². The smallest absolute Gasteiger partial charge is 0.169 e. The van der Waals surface area contributed by atoms with Gasteiger partial charge in [-0.25, -0.2) is 16.8 Å². The molecule has 0 bridgehead atoms. The lowest BCUT2D eigenvalue weighted by molar-refractivity contribution is 0.554. The van der Waals surface area contributed by atoms with Crippen molar-refractivity contribution in [3.05, 3.63) is 0 Å². The Balaban J connectivity index is 5.32. The molecule has 0 saturated heterocycles. The van der Waals surface area contributed by atoms with Crippen molar-refractivity contribution in [2.45, 2.75) is 44.6 Å². The lowest BCUT2D eigenvalue weighted by atomic mass is 10.5. The van der Waals surface area contributed by atoms with E-state index in [0.717, 1.165) is 0 Å². The first-order valence-electron chi connectivity index (χ1n) is 5.07. The molecule has 0 heterocycles. The summed E-state index contributed by atoms with van der Waals surface area (Å²) in [5, 5.41) is 0. The lowest BCUT2D eigenvalue weighted by Crippen LogP contribution is -2.43. The standard InChI is InChI=1S/C9H20O4S2/c1-5-7-14(10,11)9(3,4)15(12,13)8-6-2/h5-8H2,1-4H3. The summed E-state index contributed by atoms with van der Waals surface area (Å²) >= 11 is 0. The van der Waals surface area contributed by atoms with Crippen molar-refractivity contribution in [2.24, 2.45) is 0 Å². The van der Waals surface area contributed by atoms with Gasteiger partial charge in [-0.1, -0.05) is 13.8 Å². The van der Waals surface area contributed by atoms with Crippen molar-refractivity contribution < 1.29 is 16.8 Å². The van der Waals surface area contributed by atoms with Crippen molar-refractivity contribution in [3.63, 3.8) is 0 Å². The fourth-order valence-electron chi connectivity index (χ4n) is 1.22. The summed E-state index contributed by atoms with van der Waals surface area (Å²) in [5.41, 5.74) is 0. The first kappa shape index (κ1) is 14.9. The van der Waals surface area contributed by atoms with Crippen LogP contribution in [0.5, 0.6) is 0 Å². The van der Waals surface area contributed by atoms with Crippen molar-refractivity contribution in [1.82, 2.24) is 0 Å². The van der Waals surface area contributed by atoms with Gasteiger partial charge >= 0.3 is 0 Å². The molecule has 15 heavy (non-hydrogen) atoms. The highest BCUT2D eigenvalue weighted by molar-refractivity contribution is 8.10. The molecule has 0 aliphatic heterocycles. The lowest BCUT2D eigenvalue weighted by Gasteiger charge is -2.24. The summed E-state index contributed by atoms with van der Waals surface area (Å²) in [4.78, 5) is 0. The SMILES string of the molecule is CCCS(=O)(=O)C(C)(C)S(=O)(=O)CCC. The van der Waals surface area contributed by atoms with Crippen LogP contribution in [-0.2, 0) is 19.7 Å². The third-order valence-corrected chi connectivity index (χ3v) is 8.85. The Morgan fingerprint density at radius 1 is 0.800 bits per heavy atom. The first-order valence-corrected chi connectivity index (χ1v) is 8.37. The van der Waals surface area contributed by atoms with Crippen LogP contribution in [0.4, 0.5) is 0 Å². The fourth-order valence-corrected chi connectivity index (χ4v) is 5.33. The van der Waals surface area contributed by atoms with Crippen LogP contribution in [-0.4, -0.2) is 32.4 Å². The summed E-state index contributed by atoms with van der Waals surface area (Å²) in [6, 6.07) is 0. The van der Waals surface area contributed by atoms with Gasteiger partial charge in [0.05, 0.1) is 11.5 Å². The number of hydrogen-bond acceptors (Lipinski definition) is 4. The van der Waals surface area contributed by atoms with E-state index in [2.05, 4.69) is 0 Å². The topological polar surface area (TPSA) is 68.3 Å². The fraction of sp³-hybridized carbons (Fsp3) is 1.00. The zero-order valence-electron chi connectivity index (χ0n) is 9.78. The highest BCUT2D eigenvalue weighted by Crippen LogP contribution is 2.26. The van der Waals surface area contributed by atoms with E-state index < -0.39 is 23.8 Å². The van der Waals surface area contributed by atoms with E-state index in [-0.39, 0.29) is 11.5 Å². The van der Waals surface area contributed by atoms with Gasteiger partial charge in [-0.05, 0) is 26.7 Å². The predicted octanol–water partition coefficient (Wildman–Crippen LogP) is 1.37. The van der Waals surface area contributed by atoms with Crippen molar-refractivity contribution in [3.8, 4) is 0 Å². The van der Waals surface area contributed by atoms with Crippen LogP contribution < -0.4 is 0 Å². The van der Waals surface area contributed by atoms with Gasteiger partial charge in [0, 0.05) is 0 Å². The summed E-state index contributed by atoms with van der Waals surface area (Å²) < 4.78 is 45.5. The molecule has 0 radical (unpaired) electrons. The van der Waals surface area contributed by atoms with E-state index in [1.165, 1.54) is 13.8 Å². The van der Waals surface area contributed by atoms with E-state index >= 15 is 0 Å². The average molecular weight is 256 g/mol. The molecule has 0 aliphatic carbocycles. The minimum absolute atomic E-state index is 0.0804. The Morgan fingerprint density at radius 3 is 1.27 bits per heavy atom. The Labute approximate surface area is 92.9 Å². The maximum absolute atomic E-state index is 11.8. The molecule has 0 spiro atoms. The van der Waals surface area contributed by atoms with Gasteiger partial charge in [0.25, 0.3) is 0 Å². The van der Waals surface area contributed by atoms with Gasteiger partial charge in [0.1, 0.15) is 0 Å². The molecule has 0 amide bonds. The zero-order valence-corrected chi connectivity index (χ0v) is 11.4. The van der Waals surface area contributed by atoms with Crippen LogP contribution in [0.15, 0.2) is 0 Å². The average Bonchev–Trinajstić information content (AvgIpc) is 2.03. The van der Waals surface area contributed by atoms with Crippen LogP contribution >= 0.6 is 0 Å². The third-order valence-electron chi connectivity index (χ3n) is 2.44. The van der Waals surface area contributed by atoms with Crippen LogP contribution in [0.1, 0.15) is 40.5 Å². The summed E-state index contributed by atoms with van der Waals surface area (Å²) in [6.45, 7) is 6.01. The molecule has 0 aromatic rings. The normalized spacial score (nSPS) is 14.1. The van der Waals surface area contributed by atoms with Crippen LogP contribution in [0.25, 0.3) is 0 Å². The highest BCUT2D eigenvalue weighted by Gasteiger charge is 2.44. The second-order valence-electron chi connectivity index (χ2n) is 4.04. The van der Waals surface area contributed by atoms with Crippen molar-refractivity contribution >= 4 is 19.7 Å². The van der Waals surface area contributed by atoms with Crippen LogP contribution in [0, 0.1) is 0 Å². The molecular weight excluding hydrogens is 236 g/mol. The van der Waals surface area contributed by atoms with Gasteiger partial charge in [-0.2, -0.15) is 0 Å². The minimum Gasteiger partial charge on any atom is -0.227 e. The van der Waals surface area contributed by atoms with E-state index in [0.29, 0.717) is 12.8 Å². The molecule has 0 aromatic carbocycles. The maximum Gasteiger partial charge on any atom is 0.169 e. The second kappa shape index (κ2) is 4.82. The van der Waals surface area contributed by atoms with Gasteiger partial charge in [-0.3, -0.25) is 0 Å². The van der Waals surface area contributed by atoms with Crippen LogP contribution in [0.2, 0.25) is 0 Å². The molecule has 4 nitrogen and oxygen atoms in total. The van der Waals surface area contributed by atoms with E-state index in [1.54, 1.807) is 13.8 Å². The third kappa shape index (κ3) is 2.93. The molecule has 0 atom stereocenters. The highest BCUT2D eigenvalue weighted by atomic mass is 32.3. The molecule has 6 heteroatoms. The Kier molecular flexibility index (Phi) is 4.79. The Hall–Kier alpha value is -0.100. The molecule has 0 saturated carbocycles. The predicted molar refractivity (Wildman–Crippen MR) is 62.2 cm³/mol. The molecule has 0 N–H and O–H groups in total. The summed E-state index contributed by atoms with van der Waals surface area (Å²) in [6.07, 6.45) is 0.876. The second-order valence-corrected chi connectivity index (χ2v) is 9.61. The Morgan fingerprint density at radius 2 is 1.07 bits per heavy atom. The minimum atomic E-state index is -3.58. The van der Waals surface area contributed by atoms with Crippen molar-refractivity contribution in [1.29, 1.82) is 0 Å². The van der Waals surface area contributed by atoms with Gasteiger partial charge in [0.2, 0.25) is 0 Å². The molecule has 0 rings (SSSR count). The molecule has 92 valence electrons. The number of rotatable bonds is 6.